The summed E-state index contributed by atoms with van der Waals surface area (Å²) < 4.78 is 30.1. The number of nitrogens with one attached hydrogen (secondary N) is 3. The van der Waals surface area contributed by atoms with Gasteiger partial charge in [0.25, 0.3) is 5.91 Å². The van der Waals surface area contributed by atoms with Crippen molar-refractivity contribution in [3.8, 4) is 28.2 Å². The quantitative estimate of drug-likeness (QED) is 0.0148. The van der Waals surface area contributed by atoms with Crippen molar-refractivity contribution in [3.05, 3.63) is 94.8 Å². The van der Waals surface area contributed by atoms with Crippen LogP contribution in [0, 0.1) is 0 Å². The molecular weight excluding hydrogens is 866 g/mol. The number of rotatable bonds is 24. The number of nitrogens with zero attached hydrogens (tertiary/aromatic N) is 2. The lowest BCUT2D eigenvalue weighted by Crippen LogP contribution is -2.35. The molecule has 0 spiro atoms. The standard InChI is InChI=1S/C49H62N5O11P/c1-6-7-8-9-10-11-12-13-14-15-16-17-45(55)52-41-28-33(18-25-42(41)65-66(60,61)62)32-63-49(59)51-27-26-50-47(56)34-19-22-37(40(29-34)48(57)58)46-38-23-20-35(53(2)3)30-43(38)64-44-31-36(54(4)5)21-24-39(44)46/h18-25,28-31H,6-17,26-27,32H2,1-5H3,(H5-,50,51,52,55,56,57,58,59,60,61,62)/p+1. The Bertz CT molecular complexity index is 2580. The van der Waals surface area contributed by atoms with Gasteiger partial charge in [-0.25, -0.2) is 18.7 Å². The Morgan fingerprint density at radius 2 is 1.44 bits per heavy atom. The Labute approximate surface area is 385 Å². The summed E-state index contributed by atoms with van der Waals surface area (Å²) in [6, 6.07) is 20.0. The van der Waals surface area contributed by atoms with Crippen LogP contribution in [0.4, 0.5) is 16.2 Å². The van der Waals surface area contributed by atoms with E-state index >= 15 is 0 Å². The van der Waals surface area contributed by atoms with Crippen molar-refractivity contribution >= 4 is 54.0 Å². The van der Waals surface area contributed by atoms with E-state index in [4.69, 9.17) is 13.7 Å². The minimum absolute atomic E-state index is 0.0142. The molecular formula is C49H63N5O11P+. The van der Waals surface area contributed by atoms with Crippen LogP contribution in [0.15, 0.2) is 77.2 Å². The van der Waals surface area contributed by atoms with Gasteiger partial charge >= 0.3 is 19.9 Å². The molecule has 354 valence electrons. The first-order chi connectivity index (χ1) is 31.5. The molecule has 2 aliphatic rings. The molecule has 3 amide bonds. The molecule has 0 aromatic heterocycles. The Kier molecular flexibility index (Phi) is 18.7. The zero-order chi connectivity index (χ0) is 47.8. The number of fused-ring (bicyclic) bond motifs is 2. The summed E-state index contributed by atoms with van der Waals surface area (Å²) in [5.41, 5.74) is 3.66. The predicted molar refractivity (Wildman–Crippen MR) is 256 cm³/mol. The predicted octanol–water partition coefficient (Wildman–Crippen LogP) is 8.77. The molecule has 0 bridgehead atoms. The van der Waals surface area contributed by atoms with Crippen LogP contribution in [0.5, 0.6) is 5.75 Å². The summed E-state index contributed by atoms with van der Waals surface area (Å²) in [7, 11) is 2.72. The van der Waals surface area contributed by atoms with Crippen molar-refractivity contribution in [2.45, 2.75) is 90.6 Å². The average Bonchev–Trinajstić information content (AvgIpc) is 3.27. The SMILES string of the molecule is CCCCCCCCCCCCCC(=O)Nc1cc(COC(=O)NCCNC(=O)c2ccc(-c3c4ccc(=[N+](C)C)cc-4oc4cc(N(C)C)ccc34)c(C(=O)O)c2)ccc1OP(=O)(O)O. The molecule has 0 fully saturated rings. The van der Waals surface area contributed by atoms with Crippen molar-refractivity contribution in [3.63, 3.8) is 0 Å². The third kappa shape index (κ3) is 14.9. The van der Waals surface area contributed by atoms with Crippen LogP contribution in [-0.4, -0.2) is 80.1 Å². The van der Waals surface area contributed by atoms with E-state index in [1.165, 1.54) is 69.2 Å². The summed E-state index contributed by atoms with van der Waals surface area (Å²) in [4.78, 5) is 72.2. The molecule has 3 aromatic carbocycles. The number of carboxylic acids is 1. The first-order valence-corrected chi connectivity index (χ1v) is 24.0. The minimum Gasteiger partial charge on any atom is -0.478 e. The van der Waals surface area contributed by atoms with Gasteiger partial charge in [0.1, 0.15) is 32.0 Å². The Hall–Kier alpha value is -6.22. The highest BCUT2D eigenvalue weighted by molar-refractivity contribution is 7.46. The number of unbranched alkanes of at least 4 members (excludes halogenated alkanes) is 10. The lowest BCUT2D eigenvalue weighted by atomic mass is 9.89. The number of benzene rings is 4. The number of phosphoric acid groups is 1. The molecule has 5 rings (SSSR count). The third-order valence-corrected chi connectivity index (χ3v) is 11.5. The van der Waals surface area contributed by atoms with Crippen molar-refractivity contribution < 1.29 is 52.3 Å². The van der Waals surface area contributed by atoms with Crippen LogP contribution in [0.1, 0.15) is 110 Å². The molecule has 17 heteroatoms. The monoisotopic (exact) mass is 928 g/mol. The van der Waals surface area contributed by atoms with Gasteiger partial charge in [0, 0.05) is 73.5 Å². The number of aromatic carboxylic acids is 1. The van der Waals surface area contributed by atoms with Crippen LogP contribution >= 0.6 is 7.82 Å². The molecule has 0 atom stereocenters. The number of amides is 3. The van der Waals surface area contributed by atoms with Crippen molar-refractivity contribution in [1.29, 1.82) is 0 Å². The van der Waals surface area contributed by atoms with Crippen LogP contribution < -0.4 is 35.3 Å². The van der Waals surface area contributed by atoms with E-state index in [9.17, 15) is 38.6 Å². The summed E-state index contributed by atoms with van der Waals surface area (Å²) >= 11 is 0. The molecule has 0 radical (unpaired) electrons. The highest BCUT2D eigenvalue weighted by Crippen LogP contribution is 2.43. The average molecular weight is 929 g/mol. The van der Waals surface area contributed by atoms with Gasteiger partial charge in [0.2, 0.25) is 11.3 Å². The van der Waals surface area contributed by atoms with Gasteiger partial charge in [-0.15, -0.1) is 0 Å². The van der Waals surface area contributed by atoms with E-state index in [0.29, 0.717) is 45.4 Å². The van der Waals surface area contributed by atoms with Gasteiger partial charge in [-0.1, -0.05) is 83.3 Å². The molecule has 16 nitrogen and oxygen atoms in total. The van der Waals surface area contributed by atoms with Crippen LogP contribution in [0.25, 0.3) is 33.4 Å². The van der Waals surface area contributed by atoms with Crippen molar-refractivity contribution in [2.75, 3.05) is 51.5 Å². The van der Waals surface area contributed by atoms with Gasteiger partial charge in [-0.3, -0.25) is 19.4 Å². The molecule has 1 aliphatic carbocycles. The molecule has 0 unspecified atom stereocenters. The number of carbonyl (C=O) groups is 4. The van der Waals surface area contributed by atoms with Gasteiger partial charge in [0.15, 0.2) is 5.75 Å². The summed E-state index contributed by atoms with van der Waals surface area (Å²) in [6.07, 6.45) is 11.9. The Morgan fingerprint density at radius 1 is 0.773 bits per heavy atom. The fourth-order valence-corrected chi connectivity index (χ4v) is 7.99. The zero-order valence-corrected chi connectivity index (χ0v) is 39.4. The number of hydrogen-bond donors (Lipinski definition) is 6. The van der Waals surface area contributed by atoms with Crippen LogP contribution in [0.3, 0.4) is 0 Å². The van der Waals surface area contributed by atoms with Crippen LogP contribution in [0.2, 0.25) is 0 Å². The second kappa shape index (κ2) is 24.3. The second-order valence-electron chi connectivity index (χ2n) is 16.7. The van der Waals surface area contributed by atoms with E-state index in [1.54, 1.807) is 12.1 Å². The second-order valence-corrected chi connectivity index (χ2v) is 17.9. The lowest BCUT2D eigenvalue weighted by molar-refractivity contribution is -0.116. The zero-order valence-electron chi connectivity index (χ0n) is 38.5. The Balaban J connectivity index is 1.16. The molecule has 6 N–H and O–H groups in total. The summed E-state index contributed by atoms with van der Waals surface area (Å²) in [6.45, 7) is 1.91. The first kappa shape index (κ1) is 50.8. The number of carbonyl (C=O) groups excluding carboxylic acids is 3. The number of hydrogen-bond acceptors (Lipinski definition) is 9. The molecule has 1 aliphatic heterocycles. The molecule has 0 saturated heterocycles. The maximum atomic E-state index is 13.3. The molecule has 3 aromatic rings. The smallest absolute Gasteiger partial charge is 0.478 e. The van der Waals surface area contributed by atoms with Gasteiger partial charge in [0.05, 0.1) is 17.3 Å². The number of anilines is 2. The maximum Gasteiger partial charge on any atom is 0.524 e. The fraction of sp³-hybridized carbons (Fsp3) is 0.408. The summed E-state index contributed by atoms with van der Waals surface area (Å²) in [5, 5.41) is 19.9. The number of alkyl carbamates (subject to hydrolysis) is 1. The fourth-order valence-electron chi connectivity index (χ4n) is 7.57. The van der Waals surface area contributed by atoms with Gasteiger partial charge < -0.3 is 39.6 Å². The number of ether oxygens (including phenoxy) is 1. The van der Waals surface area contributed by atoms with E-state index in [-0.39, 0.29) is 54.6 Å². The van der Waals surface area contributed by atoms with E-state index in [1.807, 2.05) is 74.1 Å². The topological polar surface area (TPSA) is 220 Å². The summed E-state index contributed by atoms with van der Waals surface area (Å²) in [5.74, 6) is -1.80. The highest BCUT2D eigenvalue weighted by atomic mass is 31.2. The molecule has 1 heterocycles. The maximum absolute atomic E-state index is 13.3. The first-order valence-electron chi connectivity index (χ1n) is 22.5. The minimum atomic E-state index is -4.95. The largest absolute Gasteiger partial charge is 0.524 e. The van der Waals surface area contributed by atoms with Gasteiger partial charge in [-0.2, -0.15) is 0 Å². The highest BCUT2D eigenvalue weighted by Gasteiger charge is 2.24. The number of phosphoric ester groups is 1. The van der Waals surface area contributed by atoms with Crippen LogP contribution in [-0.2, 0) is 20.7 Å². The van der Waals surface area contributed by atoms with Crippen molar-refractivity contribution in [2.24, 2.45) is 0 Å². The van der Waals surface area contributed by atoms with E-state index < -0.39 is 25.8 Å². The lowest BCUT2D eigenvalue weighted by Gasteiger charge is -2.19. The van der Waals surface area contributed by atoms with Crippen molar-refractivity contribution in [1.82, 2.24) is 15.2 Å². The van der Waals surface area contributed by atoms with Gasteiger partial charge in [-0.05, 0) is 60.0 Å². The molecule has 0 saturated carbocycles. The number of carboxylic acid groups (broad SMARTS) is 1. The normalized spacial score (nSPS) is 11.3. The third-order valence-electron chi connectivity index (χ3n) is 11.1. The Morgan fingerprint density at radius 3 is 2.09 bits per heavy atom. The van der Waals surface area contributed by atoms with E-state index in [0.717, 1.165) is 30.3 Å². The molecule has 66 heavy (non-hydrogen) atoms. The van der Waals surface area contributed by atoms with E-state index in [2.05, 4.69) is 22.9 Å².